The minimum Gasteiger partial charge on any atom is -0.301 e. The van der Waals surface area contributed by atoms with Gasteiger partial charge in [0.05, 0.1) is 4.90 Å². The molecule has 5 heteroatoms. The fraction of sp³-hybridized carbons (Fsp3) is 0.235. The van der Waals surface area contributed by atoms with Crippen LogP contribution in [-0.4, -0.2) is 26.1 Å². The van der Waals surface area contributed by atoms with Crippen LogP contribution in [-0.2, 0) is 20.4 Å². The van der Waals surface area contributed by atoms with Crippen LogP contribution in [0, 0.1) is 6.92 Å². The maximum Gasteiger partial charge on any atom is 0.244 e. The Morgan fingerprint density at radius 3 is 2.05 bits per heavy atom. The van der Waals surface area contributed by atoms with Crippen molar-refractivity contribution in [1.29, 1.82) is 0 Å². The number of nitrogens with zero attached hydrogens (tertiary/aromatic N) is 1. The Labute approximate surface area is 131 Å². The van der Waals surface area contributed by atoms with E-state index >= 15 is 0 Å². The van der Waals surface area contributed by atoms with Crippen molar-refractivity contribution in [2.75, 3.05) is 7.05 Å². The molecule has 0 aliphatic heterocycles. The summed E-state index contributed by atoms with van der Waals surface area (Å²) < 4.78 is 26.7. The zero-order valence-corrected chi connectivity index (χ0v) is 13.7. The Balaban J connectivity index is 2.50. The first kappa shape index (κ1) is 16.4. The van der Waals surface area contributed by atoms with E-state index in [0.29, 0.717) is 11.8 Å². The highest BCUT2D eigenvalue weighted by Gasteiger charge is 2.39. The summed E-state index contributed by atoms with van der Waals surface area (Å²) in [6.07, 6.45) is 0.661. The number of hydrogen-bond donors (Lipinski definition) is 0. The summed E-state index contributed by atoms with van der Waals surface area (Å²) in [5.74, 6) is 0. The second kappa shape index (κ2) is 6.02. The molecule has 22 heavy (non-hydrogen) atoms. The third-order valence-electron chi connectivity index (χ3n) is 3.92. The number of likely N-dealkylation sites (N-methyl/N-ethyl adjacent to an activating group) is 1. The van der Waals surface area contributed by atoms with E-state index in [1.165, 1.54) is 7.05 Å². The van der Waals surface area contributed by atoms with Crippen LogP contribution in [0.4, 0.5) is 0 Å². The summed E-state index contributed by atoms with van der Waals surface area (Å²) in [6, 6.07) is 15.5. The maximum absolute atomic E-state index is 12.8. The summed E-state index contributed by atoms with van der Waals surface area (Å²) in [5.41, 5.74) is 0.344. The Kier molecular flexibility index (Phi) is 4.49. The highest BCUT2D eigenvalue weighted by Crippen LogP contribution is 2.30. The number of sulfonamides is 1. The number of carbonyl (C=O) groups excluding carboxylic acids is 1. The molecular formula is C17H19NO3S. The molecule has 4 nitrogen and oxygen atoms in total. The van der Waals surface area contributed by atoms with Crippen molar-refractivity contribution in [3.63, 3.8) is 0 Å². The number of benzene rings is 2. The van der Waals surface area contributed by atoms with Crippen molar-refractivity contribution in [3.05, 3.63) is 65.7 Å². The van der Waals surface area contributed by atoms with E-state index in [4.69, 9.17) is 0 Å². The van der Waals surface area contributed by atoms with Gasteiger partial charge in [0.2, 0.25) is 10.0 Å². The summed E-state index contributed by atoms with van der Waals surface area (Å²) in [4.78, 5) is 11.9. The van der Waals surface area contributed by atoms with Crippen LogP contribution in [0.15, 0.2) is 59.5 Å². The average Bonchev–Trinajstić information content (AvgIpc) is 2.54. The van der Waals surface area contributed by atoms with Gasteiger partial charge in [-0.15, -0.1) is 0 Å². The van der Waals surface area contributed by atoms with Crippen LogP contribution in [0.3, 0.4) is 0 Å². The van der Waals surface area contributed by atoms with Crippen molar-refractivity contribution in [3.8, 4) is 0 Å². The molecule has 116 valence electrons. The van der Waals surface area contributed by atoms with Gasteiger partial charge in [-0.3, -0.25) is 0 Å². The van der Waals surface area contributed by atoms with E-state index in [-0.39, 0.29) is 4.90 Å². The van der Waals surface area contributed by atoms with Gasteiger partial charge >= 0.3 is 0 Å². The minimum absolute atomic E-state index is 0.171. The monoisotopic (exact) mass is 317 g/mol. The molecule has 0 N–H and O–H groups in total. The smallest absolute Gasteiger partial charge is 0.244 e. The number of hydrogen-bond acceptors (Lipinski definition) is 3. The van der Waals surface area contributed by atoms with E-state index in [1.807, 2.05) is 13.0 Å². The first-order valence-corrected chi connectivity index (χ1v) is 8.34. The molecule has 2 aromatic carbocycles. The number of aldehydes is 1. The van der Waals surface area contributed by atoms with E-state index in [1.54, 1.807) is 55.5 Å². The largest absolute Gasteiger partial charge is 0.301 e. The lowest BCUT2D eigenvalue weighted by molar-refractivity contribution is -0.115. The van der Waals surface area contributed by atoms with Crippen molar-refractivity contribution in [1.82, 2.24) is 4.31 Å². The normalized spacial score (nSPS) is 14.5. The summed E-state index contributed by atoms with van der Waals surface area (Å²) in [7, 11) is -2.34. The quantitative estimate of drug-likeness (QED) is 0.797. The molecule has 0 radical (unpaired) electrons. The highest BCUT2D eigenvalue weighted by atomic mass is 32.2. The second-order valence-electron chi connectivity index (χ2n) is 5.42. The Morgan fingerprint density at radius 1 is 1.00 bits per heavy atom. The molecule has 0 saturated carbocycles. The van der Waals surface area contributed by atoms with Gasteiger partial charge in [0.15, 0.2) is 0 Å². The molecule has 0 fully saturated rings. The molecule has 0 spiro atoms. The molecule has 2 aromatic rings. The zero-order chi connectivity index (χ0) is 16.4. The Hall–Kier alpha value is -1.98. The third kappa shape index (κ3) is 2.82. The SMILES string of the molecule is Cc1ccc(S(=O)(=O)N(C)[C@](C)(C=O)c2ccccc2)cc1. The number of rotatable bonds is 5. The summed E-state index contributed by atoms with van der Waals surface area (Å²) >= 11 is 0. The van der Waals surface area contributed by atoms with Gasteiger partial charge < -0.3 is 4.79 Å². The van der Waals surface area contributed by atoms with Crippen molar-refractivity contribution in [2.45, 2.75) is 24.3 Å². The van der Waals surface area contributed by atoms with Gasteiger partial charge in [-0.05, 0) is 31.5 Å². The minimum atomic E-state index is -3.77. The molecule has 0 aliphatic rings. The van der Waals surface area contributed by atoms with Gasteiger partial charge in [0.25, 0.3) is 0 Å². The van der Waals surface area contributed by atoms with E-state index in [9.17, 15) is 13.2 Å². The van der Waals surface area contributed by atoms with Crippen LogP contribution in [0.5, 0.6) is 0 Å². The zero-order valence-electron chi connectivity index (χ0n) is 12.9. The predicted octanol–water partition coefficient (Wildman–Crippen LogP) is 2.73. The highest BCUT2D eigenvalue weighted by molar-refractivity contribution is 7.89. The Morgan fingerprint density at radius 2 is 1.55 bits per heavy atom. The van der Waals surface area contributed by atoms with Gasteiger partial charge in [-0.25, -0.2) is 8.42 Å². The van der Waals surface area contributed by atoms with Crippen molar-refractivity contribution in [2.24, 2.45) is 0 Å². The predicted molar refractivity (Wildman–Crippen MR) is 86.0 cm³/mol. The number of carbonyl (C=O) groups is 1. The fourth-order valence-electron chi connectivity index (χ4n) is 2.22. The second-order valence-corrected chi connectivity index (χ2v) is 7.39. The molecule has 2 rings (SSSR count). The van der Waals surface area contributed by atoms with E-state index in [0.717, 1.165) is 9.87 Å². The molecule has 0 aliphatic carbocycles. The molecule has 1 atom stereocenters. The molecular weight excluding hydrogens is 298 g/mol. The van der Waals surface area contributed by atoms with Gasteiger partial charge in [0.1, 0.15) is 11.8 Å². The van der Waals surface area contributed by atoms with E-state index in [2.05, 4.69) is 0 Å². The molecule has 0 saturated heterocycles. The maximum atomic E-state index is 12.8. The third-order valence-corrected chi connectivity index (χ3v) is 5.89. The van der Waals surface area contributed by atoms with Gasteiger partial charge in [-0.1, -0.05) is 48.0 Å². The Bertz CT molecular complexity index is 754. The topological polar surface area (TPSA) is 54.5 Å². The van der Waals surface area contributed by atoms with Crippen molar-refractivity contribution < 1.29 is 13.2 Å². The van der Waals surface area contributed by atoms with Crippen LogP contribution in [0.1, 0.15) is 18.1 Å². The van der Waals surface area contributed by atoms with Gasteiger partial charge in [0, 0.05) is 7.05 Å². The fourth-order valence-corrected chi connectivity index (χ4v) is 3.66. The first-order valence-electron chi connectivity index (χ1n) is 6.90. The lowest BCUT2D eigenvalue weighted by Gasteiger charge is -2.33. The summed E-state index contributed by atoms with van der Waals surface area (Å²) in [6.45, 7) is 3.49. The molecule has 0 heterocycles. The molecule has 0 amide bonds. The molecule has 0 aromatic heterocycles. The van der Waals surface area contributed by atoms with Crippen LogP contribution >= 0.6 is 0 Å². The van der Waals surface area contributed by atoms with Crippen LogP contribution < -0.4 is 0 Å². The number of aryl methyl sites for hydroxylation is 1. The summed E-state index contributed by atoms with van der Waals surface area (Å²) in [5, 5.41) is 0. The van der Waals surface area contributed by atoms with Crippen molar-refractivity contribution >= 4 is 16.3 Å². The van der Waals surface area contributed by atoms with Gasteiger partial charge in [-0.2, -0.15) is 4.31 Å². The molecule has 0 bridgehead atoms. The average molecular weight is 317 g/mol. The van der Waals surface area contributed by atoms with E-state index < -0.39 is 15.6 Å². The van der Waals surface area contributed by atoms with Crippen LogP contribution in [0.2, 0.25) is 0 Å². The lowest BCUT2D eigenvalue weighted by Crippen LogP contribution is -2.46. The molecule has 0 unspecified atom stereocenters. The lowest BCUT2D eigenvalue weighted by atomic mass is 9.94. The van der Waals surface area contributed by atoms with Crippen LogP contribution in [0.25, 0.3) is 0 Å². The standard InChI is InChI=1S/C17H19NO3S/c1-14-9-11-16(12-10-14)22(20,21)18(3)17(2,13-19)15-7-5-4-6-8-15/h4-13H,1-3H3/t17-/m1/s1. The first-order chi connectivity index (χ1) is 10.3.